The summed E-state index contributed by atoms with van der Waals surface area (Å²) in [4.78, 5) is 0. The third-order valence-electron chi connectivity index (χ3n) is 5.61. The van der Waals surface area contributed by atoms with Crippen LogP contribution in [0, 0.1) is 5.92 Å². The van der Waals surface area contributed by atoms with Crippen LogP contribution in [-0.4, -0.2) is 0 Å². The molecule has 2 aromatic carbocycles. The molecule has 0 bridgehead atoms. The highest BCUT2D eigenvalue weighted by Crippen LogP contribution is 2.37. The van der Waals surface area contributed by atoms with Crippen molar-refractivity contribution in [3.8, 4) is 11.1 Å². The molecule has 1 aliphatic carbocycles. The number of unbranched alkanes of at least 4 members (excludes halogenated alkanes) is 1. The van der Waals surface area contributed by atoms with Crippen molar-refractivity contribution in [1.29, 1.82) is 0 Å². The molecule has 0 spiro atoms. The largest absolute Gasteiger partial charge is 0.216 e. The first-order chi connectivity index (χ1) is 12.3. The molecule has 0 heterocycles. The Balaban J connectivity index is 1.62. The molecule has 0 amide bonds. The average molecular weight is 336 g/mol. The molecule has 3 rings (SSSR count). The average Bonchev–Trinajstić information content (AvgIpc) is 2.68. The second-order valence-corrected chi connectivity index (χ2v) is 7.35. The van der Waals surface area contributed by atoms with Crippen molar-refractivity contribution in [1.82, 2.24) is 0 Å². The van der Waals surface area contributed by atoms with Gasteiger partial charge in [0, 0.05) is 0 Å². The number of hydrogen-bond donors (Lipinski definition) is 0. The maximum atomic E-state index is 12.3. The molecule has 0 nitrogen and oxygen atoms in total. The molecule has 1 heteroatoms. The smallest absolute Gasteiger partial charge is 0.0829 e. The van der Waals surface area contributed by atoms with Gasteiger partial charge in [-0.25, -0.2) is 4.39 Å². The van der Waals surface area contributed by atoms with Crippen molar-refractivity contribution in [2.75, 3.05) is 0 Å². The minimum Gasteiger partial charge on any atom is -0.216 e. The lowest BCUT2D eigenvalue weighted by molar-refractivity contribution is 0.373. The summed E-state index contributed by atoms with van der Waals surface area (Å²) in [5.74, 6) is 1.07. The zero-order valence-electron chi connectivity index (χ0n) is 15.3. The summed E-state index contributed by atoms with van der Waals surface area (Å²) in [6.45, 7) is 2.24. The standard InChI is InChI=1S/C24H29F/c1-2-3-4-19-5-9-21(10-6-19)23-13-15-24(16-14-23)22-11-7-20(8-12-22)17-18-25/h5-6,9-10,13-18,20,22H,2-4,7-8,11-12H2,1H3. The van der Waals surface area contributed by atoms with E-state index in [9.17, 15) is 4.39 Å². The van der Waals surface area contributed by atoms with Gasteiger partial charge in [0.15, 0.2) is 0 Å². The Labute approximate surface area is 151 Å². The Morgan fingerprint density at radius 1 is 0.880 bits per heavy atom. The molecule has 1 aliphatic rings. The lowest BCUT2D eigenvalue weighted by atomic mass is 9.78. The van der Waals surface area contributed by atoms with E-state index < -0.39 is 0 Å². The molecule has 0 N–H and O–H groups in total. The van der Waals surface area contributed by atoms with Crippen LogP contribution in [0.2, 0.25) is 0 Å². The van der Waals surface area contributed by atoms with Gasteiger partial charge in [0.2, 0.25) is 0 Å². The van der Waals surface area contributed by atoms with Gasteiger partial charge < -0.3 is 0 Å². The van der Waals surface area contributed by atoms with Gasteiger partial charge in [-0.15, -0.1) is 0 Å². The minimum absolute atomic E-state index is 0.437. The first-order valence-corrected chi connectivity index (χ1v) is 9.76. The Morgan fingerprint density at radius 3 is 2.04 bits per heavy atom. The maximum Gasteiger partial charge on any atom is 0.0829 e. The Morgan fingerprint density at radius 2 is 1.48 bits per heavy atom. The van der Waals surface area contributed by atoms with Crippen LogP contribution in [0.15, 0.2) is 60.9 Å². The van der Waals surface area contributed by atoms with E-state index in [0.29, 0.717) is 18.2 Å². The van der Waals surface area contributed by atoms with E-state index >= 15 is 0 Å². The van der Waals surface area contributed by atoms with Crippen LogP contribution in [0.4, 0.5) is 4.39 Å². The lowest BCUT2D eigenvalue weighted by Crippen LogP contribution is -2.11. The van der Waals surface area contributed by atoms with E-state index in [0.717, 1.165) is 12.8 Å². The minimum atomic E-state index is 0.437. The predicted molar refractivity (Wildman–Crippen MR) is 105 cm³/mol. The highest BCUT2D eigenvalue weighted by atomic mass is 19.1. The van der Waals surface area contributed by atoms with Gasteiger partial charge in [-0.3, -0.25) is 0 Å². The van der Waals surface area contributed by atoms with Crippen molar-refractivity contribution >= 4 is 0 Å². The number of benzene rings is 2. The molecule has 2 aromatic rings. The monoisotopic (exact) mass is 336 g/mol. The van der Waals surface area contributed by atoms with Gasteiger partial charge in [0.05, 0.1) is 6.33 Å². The van der Waals surface area contributed by atoms with Crippen LogP contribution < -0.4 is 0 Å². The van der Waals surface area contributed by atoms with Gasteiger partial charge in [0.1, 0.15) is 0 Å². The molecule has 0 aliphatic heterocycles. The molecule has 0 atom stereocenters. The van der Waals surface area contributed by atoms with Crippen molar-refractivity contribution in [2.24, 2.45) is 5.92 Å². The summed E-state index contributed by atoms with van der Waals surface area (Å²) >= 11 is 0. The molecule has 25 heavy (non-hydrogen) atoms. The number of aryl methyl sites for hydroxylation is 1. The van der Waals surface area contributed by atoms with E-state index in [1.165, 1.54) is 54.4 Å². The lowest BCUT2D eigenvalue weighted by Gasteiger charge is -2.27. The van der Waals surface area contributed by atoms with E-state index in [2.05, 4.69) is 55.5 Å². The van der Waals surface area contributed by atoms with Gasteiger partial charge in [-0.2, -0.15) is 0 Å². The summed E-state index contributed by atoms with van der Waals surface area (Å²) < 4.78 is 12.3. The Hall–Kier alpha value is -1.89. The van der Waals surface area contributed by atoms with Crippen molar-refractivity contribution in [3.63, 3.8) is 0 Å². The fourth-order valence-electron chi connectivity index (χ4n) is 3.94. The molecule has 132 valence electrons. The van der Waals surface area contributed by atoms with E-state index in [4.69, 9.17) is 0 Å². The SMILES string of the molecule is CCCCc1ccc(-c2ccc(C3CCC(C=CF)CC3)cc2)cc1. The molecular weight excluding hydrogens is 307 g/mol. The predicted octanol–water partition coefficient (Wildman–Crippen LogP) is 7.45. The van der Waals surface area contributed by atoms with Crippen LogP contribution in [-0.2, 0) is 6.42 Å². The Kier molecular flexibility index (Phi) is 6.44. The van der Waals surface area contributed by atoms with E-state index in [1.54, 1.807) is 6.08 Å². The van der Waals surface area contributed by atoms with Crippen LogP contribution in [0.25, 0.3) is 11.1 Å². The van der Waals surface area contributed by atoms with Crippen molar-refractivity contribution < 1.29 is 4.39 Å². The van der Waals surface area contributed by atoms with Gasteiger partial charge in [0.25, 0.3) is 0 Å². The summed E-state index contributed by atoms with van der Waals surface area (Å²) in [6.07, 6.45) is 10.7. The molecule has 0 unspecified atom stereocenters. The van der Waals surface area contributed by atoms with Crippen molar-refractivity contribution in [2.45, 2.75) is 57.8 Å². The van der Waals surface area contributed by atoms with Crippen molar-refractivity contribution in [3.05, 3.63) is 72.1 Å². The third-order valence-corrected chi connectivity index (χ3v) is 5.61. The summed E-state index contributed by atoms with van der Waals surface area (Å²) in [5, 5.41) is 0. The van der Waals surface area contributed by atoms with Gasteiger partial charge in [-0.05, 0) is 72.6 Å². The van der Waals surface area contributed by atoms with E-state index in [1.807, 2.05) is 0 Å². The molecule has 0 saturated heterocycles. The quantitative estimate of drug-likeness (QED) is 0.514. The molecule has 0 aromatic heterocycles. The highest BCUT2D eigenvalue weighted by Gasteiger charge is 2.20. The van der Waals surface area contributed by atoms with Crippen LogP contribution in [0.5, 0.6) is 0 Å². The number of allylic oxidation sites excluding steroid dienone is 1. The first-order valence-electron chi connectivity index (χ1n) is 9.76. The fourth-order valence-corrected chi connectivity index (χ4v) is 3.94. The number of halogens is 1. The number of rotatable bonds is 6. The topological polar surface area (TPSA) is 0 Å². The second kappa shape index (κ2) is 8.99. The highest BCUT2D eigenvalue weighted by molar-refractivity contribution is 5.64. The van der Waals surface area contributed by atoms with Gasteiger partial charge >= 0.3 is 0 Å². The summed E-state index contributed by atoms with van der Waals surface area (Å²) in [5.41, 5.74) is 5.45. The van der Waals surface area contributed by atoms with Crippen LogP contribution >= 0.6 is 0 Å². The molecule has 0 radical (unpaired) electrons. The van der Waals surface area contributed by atoms with Crippen LogP contribution in [0.1, 0.15) is 62.5 Å². The number of hydrogen-bond acceptors (Lipinski definition) is 0. The zero-order valence-corrected chi connectivity index (χ0v) is 15.3. The normalized spacial score (nSPS) is 20.9. The molecule has 1 saturated carbocycles. The van der Waals surface area contributed by atoms with Crippen LogP contribution in [0.3, 0.4) is 0 Å². The molecule has 1 fully saturated rings. The summed E-state index contributed by atoms with van der Waals surface area (Å²) in [7, 11) is 0. The Bertz CT molecular complexity index is 658. The fraction of sp³-hybridized carbons (Fsp3) is 0.417. The molecular formula is C24H29F. The third kappa shape index (κ3) is 4.81. The second-order valence-electron chi connectivity index (χ2n) is 7.35. The zero-order chi connectivity index (χ0) is 17.5. The van der Waals surface area contributed by atoms with Gasteiger partial charge in [-0.1, -0.05) is 68.0 Å². The summed E-state index contributed by atoms with van der Waals surface area (Å²) in [6, 6.07) is 18.1. The van der Waals surface area contributed by atoms with E-state index in [-0.39, 0.29) is 0 Å². The maximum absolute atomic E-state index is 12.3. The first kappa shape index (κ1) is 17.9.